The average molecular weight is 467 g/mol. The maximum absolute atomic E-state index is 13.5. The summed E-state index contributed by atoms with van der Waals surface area (Å²) in [6, 6.07) is 9.80. The molecule has 1 aliphatic rings. The molecule has 1 aromatic heterocycles. The van der Waals surface area contributed by atoms with Crippen molar-refractivity contribution in [3.63, 3.8) is 0 Å². The maximum Gasteiger partial charge on any atom is 0.342 e. The second kappa shape index (κ2) is 11.7. The van der Waals surface area contributed by atoms with E-state index in [4.69, 9.17) is 4.74 Å². The molecule has 2 aromatic rings. The number of amides is 2. The van der Waals surface area contributed by atoms with Crippen molar-refractivity contribution >= 4 is 17.8 Å². The van der Waals surface area contributed by atoms with Gasteiger partial charge in [0.25, 0.3) is 5.91 Å². The van der Waals surface area contributed by atoms with Gasteiger partial charge >= 0.3 is 5.97 Å². The number of aromatic nitrogens is 2. The standard InChI is InChI=1S/C26H34N4O4/c1-5-10-21-23(26(33)34-6-2)24(28-19(4)27-21)25(32)29-15-16-30(18(3)17-29)22(31)14-13-20-11-8-7-9-12-20/h7-9,11-12,18H,5-6,10,13-17H2,1-4H3. The van der Waals surface area contributed by atoms with Crippen molar-refractivity contribution < 1.29 is 19.1 Å². The van der Waals surface area contributed by atoms with Gasteiger partial charge in [-0.15, -0.1) is 0 Å². The van der Waals surface area contributed by atoms with Crippen molar-refractivity contribution in [2.24, 2.45) is 0 Å². The van der Waals surface area contributed by atoms with Crippen LogP contribution in [0.3, 0.4) is 0 Å². The highest BCUT2D eigenvalue weighted by molar-refractivity contribution is 6.04. The minimum absolute atomic E-state index is 0.0822. The van der Waals surface area contributed by atoms with E-state index < -0.39 is 5.97 Å². The minimum Gasteiger partial charge on any atom is -0.462 e. The summed E-state index contributed by atoms with van der Waals surface area (Å²) in [6.45, 7) is 8.79. The number of aryl methyl sites for hydroxylation is 3. The van der Waals surface area contributed by atoms with Crippen LogP contribution in [0.15, 0.2) is 30.3 Å². The Morgan fingerprint density at radius 1 is 1.06 bits per heavy atom. The Morgan fingerprint density at radius 3 is 2.44 bits per heavy atom. The van der Waals surface area contributed by atoms with E-state index in [2.05, 4.69) is 9.97 Å². The topological polar surface area (TPSA) is 92.7 Å². The summed E-state index contributed by atoms with van der Waals surface area (Å²) >= 11 is 0. The average Bonchev–Trinajstić information content (AvgIpc) is 2.82. The smallest absolute Gasteiger partial charge is 0.342 e. The van der Waals surface area contributed by atoms with Gasteiger partial charge in [-0.3, -0.25) is 9.59 Å². The van der Waals surface area contributed by atoms with Crippen LogP contribution < -0.4 is 0 Å². The summed E-state index contributed by atoms with van der Waals surface area (Å²) in [5.74, 6) is -0.368. The molecule has 3 rings (SSSR count). The molecule has 1 unspecified atom stereocenters. The molecule has 1 atom stereocenters. The Kier molecular flexibility index (Phi) is 8.73. The molecule has 1 saturated heterocycles. The van der Waals surface area contributed by atoms with Crippen LogP contribution >= 0.6 is 0 Å². The second-order valence-electron chi connectivity index (χ2n) is 8.58. The number of nitrogens with zero attached hydrogens (tertiary/aromatic N) is 4. The zero-order chi connectivity index (χ0) is 24.7. The number of carbonyl (C=O) groups is 3. The predicted octanol–water partition coefficient (Wildman–Crippen LogP) is 3.22. The number of ether oxygens (including phenoxy) is 1. The lowest BCUT2D eigenvalue weighted by Crippen LogP contribution is -2.55. The van der Waals surface area contributed by atoms with Gasteiger partial charge < -0.3 is 14.5 Å². The number of piperazine rings is 1. The number of rotatable bonds is 8. The van der Waals surface area contributed by atoms with Crippen molar-refractivity contribution in [2.75, 3.05) is 26.2 Å². The summed E-state index contributed by atoms with van der Waals surface area (Å²) in [5, 5.41) is 0. The maximum atomic E-state index is 13.5. The lowest BCUT2D eigenvalue weighted by atomic mass is 10.0. The number of carbonyl (C=O) groups excluding carboxylic acids is 3. The molecule has 2 amide bonds. The van der Waals surface area contributed by atoms with Crippen LogP contribution in [-0.4, -0.2) is 69.8 Å². The Hall–Kier alpha value is -3.29. The normalized spacial score (nSPS) is 15.8. The molecule has 182 valence electrons. The first-order chi connectivity index (χ1) is 16.3. The zero-order valence-corrected chi connectivity index (χ0v) is 20.5. The van der Waals surface area contributed by atoms with Crippen molar-refractivity contribution in [3.05, 3.63) is 58.7 Å². The van der Waals surface area contributed by atoms with Crippen molar-refractivity contribution in [2.45, 2.75) is 59.4 Å². The number of hydrogen-bond donors (Lipinski definition) is 0. The van der Waals surface area contributed by atoms with E-state index in [-0.39, 0.29) is 35.7 Å². The summed E-state index contributed by atoms with van der Waals surface area (Å²) in [6.07, 6.45) is 2.45. The molecule has 0 radical (unpaired) electrons. The molecular weight excluding hydrogens is 432 g/mol. The first-order valence-electron chi connectivity index (χ1n) is 12.0. The van der Waals surface area contributed by atoms with Crippen molar-refractivity contribution in [3.8, 4) is 0 Å². The van der Waals surface area contributed by atoms with Gasteiger partial charge in [-0.05, 0) is 39.2 Å². The van der Waals surface area contributed by atoms with Crippen LogP contribution in [0.5, 0.6) is 0 Å². The van der Waals surface area contributed by atoms with E-state index in [9.17, 15) is 14.4 Å². The predicted molar refractivity (Wildman–Crippen MR) is 129 cm³/mol. The molecule has 0 aliphatic carbocycles. The summed E-state index contributed by atoms with van der Waals surface area (Å²) < 4.78 is 5.22. The van der Waals surface area contributed by atoms with E-state index >= 15 is 0 Å². The number of esters is 1. The zero-order valence-electron chi connectivity index (χ0n) is 20.5. The van der Waals surface area contributed by atoms with Gasteiger partial charge in [0, 0.05) is 32.1 Å². The van der Waals surface area contributed by atoms with E-state index in [1.165, 1.54) is 0 Å². The first-order valence-corrected chi connectivity index (χ1v) is 12.0. The van der Waals surface area contributed by atoms with Gasteiger partial charge in [0.1, 0.15) is 17.1 Å². The quantitative estimate of drug-likeness (QED) is 0.555. The van der Waals surface area contributed by atoms with Crippen LogP contribution in [0, 0.1) is 6.92 Å². The summed E-state index contributed by atoms with van der Waals surface area (Å²) in [5.41, 5.74) is 1.92. The first kappa shape index (κ1) is 25.3. The summed E-state index contributed by atoms with van der Waals surface area (Å²) in [4.78, 5) is 51.3. The van der Waals surface area contributed by atoms with Gasteiger partial charge in [-0.1, -0.05) is 43.7 Å². The number of hydrogen-bond acceptors (Lipinski definition) is 6. The van der Waals surface area contributed by atoms with Gasteiger partial charge in [-0.25, -0.2) is 14.8 Å². The molecular formula is C26H34N4O4. The molecule has 2 heterocycles. The van der Waals surface area contributed by atoms with E-state index in [1.54, 1.807) is 18.7 Å². The van der Waals surface area contributed by atoms with Gasteiger partial charge in [-0.2, -0.15) is 0 Å². The highest BCUT2D eigenvalue weighted by Gasteiger charge is 2.33. The Labute approximate surface area is 201 Å². The SMILES string of the molecule is CCCc1nc(C)nc(C(=O)N2CCN(C(=O)CCc3ccccc3)C(C)C2)c1C(=O)OCC. The van der Waals surface area contributed by atoms with Crippen molar-refractivity contribution in [1.29, 1.82) is 0 Å². The van der Waals surface area contributed by atoms with Crippen LogP contribution in [0.4, 0.5) is 0 Å². The van der Waals surface area contributed by atoms with Crippen LogP contribution in [-0.2, 0) is 22.4 Å². The molecule has 0 bridgehead atoms. The lowest BCUT2D eigenvalue weighted by Gasteiger charge is -2.40. The third-order valence-corrected chi connectivity index (χ3v) is 5.97. The van der Waals surface area contributed by atoms with Crippen LogP contribution in [0.25, 0.3) is 0 Å². The van der Waals surface area contributed by atoms with Gasteiger partial charge in [0.05, 0.1) is 12.3 Å². The molecule has 1 fully saturated rings. The molecule has 8 nitrogen and oxygen atoms in total. The highest BCUT2D eigenvalue weighted by Crippen LogP contribution is 2.20. The van der Waals surface area contributed by atoms with Crippen molar-refractivity contribution in [1.82, 2.24) is 19.8 Å². The van der Waals surface area contributed by atoms with E-state index in [0.717, 1.165) is 12.0 Å². The fourth-order valence-electron chi connectivity index (χ4n) is 4.32. The molecule has 0 spiro atoms. The van der Waals surface area contributed by atoms with Crippen LogP contribution in [0.1, 0.15) is 71.5 Å². The monoisotopic (exact) mass is 466 g/mol. The third-order valence-electron chi connectivity index (χ3n) is 5.97. The highest BCUT2D eigenvalue weighted by atomic mass is 16.5. The Balaban J connectivity index is 1.74. The van der Waals surface area contributed by atoms with Crippen LogP contribution in [0.2, 0.25) is 0 Å². The summed E-state index contributed by atoms with van der Waals surface area (Å²) in [7, 11) is 0. The molecule has 34 heavy (non-hydrogen) atoms. The Bertz CT molecular complexity index is 1020. The lowest BCUT2D eigenvalue weighted by molar-refractivity contribution is -0.135. The molecule has 0 N–H and O–H groups in total. The molecule has 0 saturated carbocycles. The third kappa shape index (κ3) is 5.98. The Morgan fingerprint density at radius 2 is 1.79 bits per heavy atom. The molecule has 1 aliphatic heterocycles. The van der Waals surface area contributed by atoms with E-state index in [0.29, 0.717) is 50.4 Å². The largest absolute Gasteiger partial charge is 0.462 e. The van der Waals surface area contributed by atoms with E-state index in [1.807, 2.05) is 49.1 Å². The number of benzene rings is 1. The van der Waals surface area contributed by atoms with Gasteiger partial charge in [0.2, 0.25) is 5.91 Å². The molecule has 1 aromatic carbocycles. The fraction of sp³-hybridized carbons (Fsp3) is 0.500. The fourth-order valence-corrected chi connectivity index (χ4v) is 4.32. The van der Waals surface area contributed by atoms with Gasteiger partial charge in [0.15, 0.2) is 0 Å². The second-order valence-corrected chi connectivity index (χ2v) is 8.58. The molecule has 8 heteroatoms. The minimum atomic E-state index is -0.572.